The van der Waals surface area contributed by atoms with Crippen LogP contribution in [0.25, 0.3) is 0 Å². The van der Waals surface area contributed by atoms with E-state index in [2.05, 4.69) is 24.8 Å². The number of piperidine rings is 1. The molecule has 0 aromatic heterocycles. The minimum Gasteiger partial charge on any atom is -0.330 e. The van der Waals surface area contributed by atoms with Gasteiger partial charge in [-0.25, -0.2) is 0 Å². The third-order valence-corrected chi connectivity index (χ3v) is 5.12. The van der Waals surface area contributed by atoms with Crippen molar-refractivity contribution in [3.8, 4) is 0 Å². The normalized spacial score (nSPS) is 26.4. The van der Waals surface area contributed by atoms with Gasteiger partial charge in [0.2, 0.25) is 0 Å². The molecule has 3 unspecified atom stereocenters. The fourth-order valence-corrected chi connectivity index (χ4v) is 3.43. The first-order chi connectivity index (χ1) is 9.04. The minimum absolute atomic E-state index is 0.274. The first-order valence-corrected chi connectivity index (χ1v) is 7.70. The topological polar surface area (TPSA) is 29.3 Å². The molecular formula is C15H22Cl2N2. The van der Waals surface area contributed by atoms with Gasteiger partial charge in [-0.1, -0.05) is 35.3 Å². The van der Waals surface area contributed by atoms with E-state index in [1.807, 2.05) is 12.1 Å². The minimum atomic E-state index is 0.274. The van der Waals surface area contributed by atoms with Gasteiger partial charge in [-0.2, -0.15) is 0 Å². The quantitative estimate of drug-likeness (QED) is 0.910. The van der Waals surface area contributed by atoms with Crippen LogP contribution in [0.1, 0.15) is 38.3 Å². The summed E-state index contributed by atoms with van der Waals surface area (Å²) in [5, 5.41) is 1.31. The van der Waals surface area contributed by atoms with Crippen LogP contribution in [-0.4, -0.2) is 24.0 Å². The molecule has 1 aliphatic heterocycles. The monoisotopic (exact) mass is 300 g/mol. The molecule has 0 bridgehead atoms. The van der Waals surface area contributed by atoms with Crippen molar-refractivity contribution in [3.63, 3.8) is 0 Å². The van der Waals surface area contributed by atoms with E-state index in [0.29, 0.717) is 22.0 Å². The second-order valence-corrected chi connectivity index (χ2v) is 6.33. The number of benzene rings is 1. The Balaban J connectivity index is 2.22. The van der Waals surface area contributed by atoms with E-state index in [-0.39, 0.29) is 6.04 Å². The molecule has 1 aromatic carbocycles. The first-order valence-electron chi connectivity index (χ1n) is 6.94. The Morgan fingerprint density at radius 1 is 1.37 bits per heavy atom. The fourth-order valence-electron chi connectivity index (χ4n) is 2.97. The molecule has 1 aliphatic rings. The van der Waals surface area contributed by atoms with Crippen molar-refractivity contribution in [1.29, 1.82) is 0 Å². The maximum Gasteiger partial charge on any atom is 0.0640 e. The van der Waals surface area contributed by atoms with Crippen LogP contribution in [0.5, 0.6) is 0 Å². The highest BCUT2D eigenvalue weighted by molar-refractivity contribution is 6.42. The van der Waals surface area contributed by atoms with E-state index < -0.39 is 0 Å². The first kappa shape index (κ1) is 15.1. The van der Waals surface area contributed by atoms with Crippen molar-refractivity contribution >= 4 is 23.2 Å². The SMILES string of the molecule is CC1CCC(CN)CN1C(C)c1cccc(Cl)c1Cl. The van der Waals surface area contributed by atoms with Gasteiger partial charge in [-0.3, -0.25) is 4.90 Å². The zero-order chi connectivity index (χ0) is 14.0. The van der Waals surface area contributed by atoms with E-state index in [0.717, 1.165) is 18.7 Å². The summed E-state index contributed by atoms with van der Waals surface area (Å²) in [7, 11) is 0. The van der Waals surface area contributed by atoms with Crippen molar-refractivity contribution in [3.05, 3.63) is 33.8 Å². The highest BCUT2D eigenvalue weighted by atomic mass is 35.5. The summed E-state index contributed by atoms with van der Waals surface area (Å²) in [6, 6.07) is 6.71. The van der Waals surface area contributed by atoms with Gasteiger partial charge < -0.3 is 5.73 Å². The van der Waals surface area contributed by atoms with Gasteiger partial charge in [0.1, 0.15) is 0 Å². The number of rotatable bonds is 3. The molecule has 2 nitrogen and oxygen atoms in total. The van der Waals surface area contributed by atoms with Crippen molar-refractivity contribution in [2.45, 2.75) is 38.8 Å². The van der Waals surface area contributed by atoms with Gasteiger partial charge in [0.15, 0.2) is 0 Å². The fraction of sp³-hybridized carbons (Fsp3) is 0.600. The third kappa shape index (κ3) is 3.25. The Bertz CT molecular complexity index is 436. The summed E-state index contributed by atoms with van der Waals surface area (Å²) < 4.78 is 0. The lowest BCUT2D eigenvalue weighted by Gasteiger charge is -2.42. The van der Waals surface area contributed by atoms with Crippen LogP contribution in [0, 0.1) is 5.92 Å². The maximum atomic E-state index is 6.34. The number of likely N-dealkylation sites (tertiary alicyclic amines) is 1. The largest absolute Gasteiger partial charge is 0.330 e. The molecule has 0 spiro atoms. The van der Waals surface area contributed by atoms with Crippen LogP contribution in [0.15, 0.2) is 18.2 Å². The predicted octanol–water partition coefficient (Wildman–Crippen LogP) is 4.11. The average molecular weight is 301 g/mol. The number of hydrogen-bond acceptors (Lipinski definition) is 2. The van der Waals surface area contributed by atoms with Crippen molar-refractivity contribution in [1.82, 2.24) is 4.90 Å². The Hall–Kier alpha value is -0.280. The van der Waals surface area contributed by atoms with Gasteiger partial charge in [-0.05, 0) is 50.8 Å². The van der Waals surface area contributed by atoms with Crippen LogP contribution in [0.4, 0.5) is 0 Å². The van der Waals surface area contributed by atoms with Gasteiger partial charge in [0.25, 0.3) is 0 Å². The summed E-state index contributed by atoms with van der Waals surface area (Å²) in [6.07, 6.45) is 2.43. The average Bonchev–Trinajstić information content (AvgIpc) is 2.42. The molecule has 0 aliphatic carbocycles. The summed E-state index contributed by atoms with van der Waals surface area (Å²) in [4.78, 5) is 2.50. The van der Waals surface area contributed by atoms with E-state index in [9.17, 15) is 0 Å². The summed E-state index contributed by atoms with van der Waals surface area (Å²) in [5.74, 6) is 0.594. The maximum absolute atomic E-state index is 6.34. The number of hydrogen-bond donors (Lipinski definition) is 1. The molecule has 1 fully saturated rings. The highest BCUT2D eigenvalue weighted by Crippen LogP contribution is 2.36. The summed E-state index contributed by atoms with van der Waals surface area (Å²) in [5.41, 5.74) is 6.94. The molecule has 1 heterocycles. The molecule has 2 rings (SSSR count). The smallest absolute Gasteiger partial charge is 0.0640 e. The van der Waals surface area contributed by atoms with Crippen LogP contribution in [0.2, 0.25) is 10.0 Å². The van der Waals surface area contributed by atoms with E-state index >= 15 is 0 Å². The standard InChI is InChI=1S/C15H22Cl2N2/c1-10-6-7-12(8-18)9-19(10)11(2)13-4-3-5-14(16)15(13)17/h3-5,10-12H,6-9,18H2,1-2H3. The van der Waals surface area contributed by atoms with Crippen LogP contribution >= 0.6 is 23.2 Å². The molecule has 2 N–H and O–H groups in total. The van der Waals surface area contributed by atoms with Crippen LogP contribution < -0.4 is 5.73 Å². The van der Waals surface area contributed by atoms with Crippen molar-refractivity contribution < 1.29 is 0 Å². The zero-order valence-corrected chi connectivity index (χ0v) is 13.1. The molecule has 1 saturated heterocycles. The van der Waals surface area contributed by atoms with E-state index in [1.54, 1.807) is 0 Å². The zero-order valence-electron chi connectivity index (χ0n) is 11.6. The van der Waals surface area contributed by atoms with Crippen molar-refractivity contribution in [2.75, 3.05) is 13.1 Å². The van der Waals surface area contributed by atoms with Gasteiger partial charge in [0, 0.05) is 18.6 Å². The lowest BCUT2D eigenvalue weighted by atomic mass is 9.91. The van der Waals surface area contributed by atoms with Gasteiger partial charge in [0.05, 0.1) is 10.0 Å². The molecule has 3 atom stereocenters. The second kappa shape index (κ2) is 6.45. The second-order valence-electron chi connectivity index (χ2n) is 5.54. The molecule has 106 valence electrons. The predicted molar refractivity (Wildman–Crippen MR) is 82.8 cm³/mol. The lowest BCUT2D eigenvalue weighted by molar-refractivity contribution is 0.0813. The van der Waals surface area contributed by atoms with Crippen LogP contribution in [0.3, 0.4) is 0 Å². The van der Waals surface area contributed by atoms with Gasteiger partial charge >= 0.3 is 0 Å². The summed E-state index contributed by atoms with van der Waals surface area (Å²) >= 11 is 12.5. The lowest BCUT2D eigenvalue weighted by Crippen LogP contribution is -2.45. The van der Waals surface area contributed by atoms with E-state index in [1.165, 1.54) is 12.8 Å². The van der Waals surface area contributed by atoms with E-state index in [4.69, 9.17) is 28.9 Å². The Morgan fingerprint density at radius 3 is 2.79 bits per heavy atom. The van der Waals surface area contributed by atoms with Gasteiger partial charge in [-0.15, -0.1) is 0 Å². The number of nitrogens with two attached hydrogens (primary N) is 1. The Morgan fingerprint density at radius 2 is 2.11 bits per heavy atom. The molecule has 4 heteroatoms. The number of nitrogens with zero attached hydrogens (tertiary/aromatic N) is 1. The Labute approximate surface area is 125 Å². The summed E-state index contributed by atoms with van der Waals surface area (Å²) in [6.45, 7) is 6.29. The molecule has 0 saturated carbocycles. The molecule has 1 aromatic rings. The third-order valence-electron chi connectivity index (χ3n) is 4.29. The molecular weight excluding hydrogens is 279 g/mol. The van der Waals surface area contributed by atoms with Crippen molar-refractivity contribution in [2.24, 2.45) is 11.7 Å². The molecule has 0 amide bonds. The number of halogens is 2. The van der Waals surface area contributed by atoms with Crippen LogP contribution in [-0.2, 0) is 0 Å². The molecule has 0 radical (unpaired) electrons. The highest BCUT2D eigenvalue weighted by Gasteiger charge is 2.29. The molecule has 19 heavy (non-hydrogen) atoms. The Kier molecular flexibility index (Phi) is 5.13.